The Hall–Kier alpha value is -3.41. The van der Waals surface area contributed by atoms with Gasteiger partial charge in [0.05, 0.1) is 5.52 Å². The van der Waals surface area contributed by atoms with Gasteiger partial charge < -0.3 is 14.8 Å². The third-order valence-corrected chi connectivity index (χ3v) is 5.09. The Morgan fingerprint density at radius 3 is 2.71 bits per heavy atom. The summed E-state index contributed by atoms with van der Waals surface area (Å²) in [6.07, 6.45) is 3.03. The summed E-state index contributed by atoms with van der Waals surface area (Å²) < 4.78 is 1.75. The maximum Gasteiger partial charge on any atom is 0.244 e. The fourth-order valence-corrected chi connectivity index (χ4v) is 3.71. The van der Waals surface area contributed by atoms with Crippen LogP contribution in [-0.2, 0) is 16.1 Å². The molecule has 0 radical (unpaired) electrons. The number of pyridine rings is 1. The highest BCUT2D eigenvalue weighted by atomic mass is 16.2. The second-order valence-electron chi connectivity index (χ2n) is 7.07. The van der Waals surface area contributed by atoms with Crippen LogP contribution in [-0.4, -0.2) is 22.4 Å². The summed E-state index contributed by atoms with van der Waals surface area (Å²) in [6.45, 7) is 2.11. The van der Waals surface area contributed by atoms with Gasteiger partial charge in [-0.25, -0.2) is 0 Å². The van der Waals surface area contributed by atoms with Crippen molar-refractivity contribution in [3.63, 3.8) is 0 Å². The van der Waals surface area contributed by atoms with Gasteiger partial charge in [-0.2, -0.15) is 0 Å². The van der Waals surface area contributed by atoms with E-state index in [4.69, 9.17) is 0 Å². The van der Waals surface area contributed by atoms with Crippen LogP contribution in [0.2, 0.25) is 0 Å². The number of hydrogen-bond donors (Lipinski definition) is 1. The summed E-state index contributed by atoms with van der Waals surface area (Å²) in [6, 6.07) is 16.2. The van der Waals surface area contributed by atoms with E-state index in [0.29, 0.717) is 17.5 Å². The van der Waals surface area contributed by atoms with Gasteiger partial charge in [0, 0.05) is 41.5 Å². The average Bonchev–Trinajstić information content (AvgIpc) is 3.03. The molecule has 28 heavy (non-hydrogen) atoms. The number of aromatic nitrogens is 1. The second-order valence-corrected chi connectivity index (χ2v) is 7.07. The highest BCUT2D eigenvalue weighted by molar-refractivity contribution is 5.97. The zero-order valence-corrected chi connectivity index (χ0v) is 15.6. The molecule has 6 heteroatoms. The number of rotatable bonds is 4. The van der Waals surface area contributed by atoms with Crippen LogP contribution >= 0.6 is 0 Å². The number of anilines is 2. The molecule has 1 N–H and O–H groups in total. The molecule has 1 saturated heterocycles. The molecule has 142 valence electrons. The Balaban J connectivity index is 1.54. The maximum absolute atomic E-state index is 12.6. The van der Waals surface area contributed by atoms with Crippen molar-refractivity contribution < 1.29 is 9.59 Å². The van der Waals surface area contributed by atoms with Gasteiger partial charge >= 0.3 is 0 Å². The predicted molar refractivity (Wildman–Crippen MR) is 109 cm³/mol. The Bertz CT molecular complexity index is 1120. The van der Waals surface area contributed by atoms with Crippen LogP contribution in [0, 0.1) is 0 Å². The van der Waals surface area contributed by atoms with E-state index in [1.54, 1.807) is 33.9 Å². The molecule has 1 atom stereocenters. The molecule has 2 heterocycles. The summed E-state index contributed by atoms with van der Waals surface area (Å²) in [5.41, 5.74) is 2.08. The topological polar surface area (TPSA) is 71.4 Å². The number of nitrogens with zero attached hydrogens (tertiary/aromatic N) is 2. The van der Waals surface area contributed by atoms with Gasteiger partial charge in [0.15, 0.2) is 5.43 Å². The second kappa shape index (κ2) is 7.31. The quantitative estimate of drug-likeness (QED) is 0.761. The normalized spacial score (nSPS) is 16.5. The first-order valence-corrected chi connectivity index (χ1v) is 9.33. The maximum atomic E-state index is 12.6. The third kappa shape index (κ3) is 3.41. The van der Waals surface area contributed by atoms with Gasteiger partial charge in [-0.3, -0.25) is 14.4 Å². The van der Waals surface area contributed by atoms with Crippen LogP contribution < -0.4 is 15.6 Å². The monoisotopic (exact) mass is 375 g/mol. The zero-order valence-electron chi connectivity index (χ0n) is 15.6. The first-order chi connectivity index (χ1) is 13.5. The van der Waals surface area contributed by atoms with Crippen LogP contribution in [0.3, 0.4) is 0 Å². The van der Waals surface area contributed by atoms with Crippen molar-refractivity contribution in [1.82, 2.24) is 4.57 Å². The fraction of sp³-hybridized carbons (Fsp3) is 0.227. The van der Waals surface area contributed by atoms with Crippen LogP contribution in [0.25, 0.3) is 10.9 Å². The fourth-order valence-electron chi connectivity index (χ4n) is 3.71. The zero-order chi connectivity index (χ0) is 19.7. The lowest BCUT2D eigenvalue weighted by atomic mass is 10.2. The number of benzene rings is 2. The highest BCUT2D eigenvalue weighted by Gasteiger charge is 2.28. The molecule has 0 spiro atoms. The van der Waals surface area contributed by atoms with E-state index in [9.17, 15) is 14.4 Å². The van der Waals surface area contributed by atoms with E-state index >= 15 is 0 Å². The molecule has 3 aromatic rings. The van der Waals surface area contributed by atoms with Crippen molar-refractivity contribution in [3.8, 4) is 0 Å². The van der Waals surface area contributed by atoms with E-state index in [2.05, 4.69) is 5.32 Å². The molecule has 0 bridgehead atoms. The van der Waals surface area contributed by atoms with E-state index in [-0.39, 0.29) is 29.8 Å². The van der Waals surface area contributed by atoms with Crippen molar-refractivity contribution in [2.24, 2.45) is 0 Å². The number of fused-ring (bicyclic) bond motifs is 1. The Morgan fingerprint density at radius 2 is 1.93 bits per heavy atom. The Morgan fingerprint density at radius 1 is 1.11 bits per heavy atom. The van der Waals surface area contributed by atoms with E-state index in [0.717, 1.165) is 17.6 Å². The van der Waals surface area contributed by atoms with Crippen LogP contribution in [0.15, 0.2) is 65.6 Å². The largest absolute Gasteiger partial charge is 0.338 e. The standard InChI is InChI=1S/C22H21N3O3/c1-15-9-10-22(28)25(15)17-6-4-5-16(13-17)23-21(27)14-24-12-11-20(26)18-7-2-3-8-19(18)24/h2-8,11-13,15H,9-10,14H2,1H3,(H,23,27). The van der Waals surface area contributed by atoms with Gasteiger partial charge in [-0.1, -0.05) is 18.2 Å². The van der Waals surface area contributed by atoms with E-state index < -0.39 is 0 Å². The third-order valence-electron chi connectivity index (χ3n) is 5.09. The lowest BCUT2D eigenvalue weighted by Crippen LogP contribution is -2.30. The number of para-hydroxylation sites is 1. The number of carbonyl (C=O) groups excluding carboxylic acids is 2. The SMILES string of the molecule is CC1CCC(=O)N1c1cccc(NC(=O)Cn2ccc(=O)c3ccccc32)c1. The van der Waals surface area contributed by atoms with Crippen molar-refractivity contribution >= 4 is 34.1 Å². The minimum Gasteiger partial charge on any atom is -0.338 e. The highest BCUT2D eigenvalue weighted by Crippen LogP contribution is 2.28. The number of amides is 2. The summed E-state index contributed by atoms with van der Waals surface area (Å²) >= 11 is 0. The minimum absolute atomic E-state index is 0.0654. The van der Waals surface area contributed by atoms with Crippen LogP contribution in [0.4, 0.5) is 11.4 Å². The molecule has 1 unspecified atom stereocenters. The molecule has 0 saturated carbocycles. The first kappa shape index (κ1) is 18.0. The summed E-state index contributed by atoms with van der Waals surface area (Å²) in [7, 11) is 0. The molecular weight excluding hydrogens is 354 g/mol. The van der Waals surface area contributed by atoms with Gasteiger partial charge in [-0.15, -0.1) is 0 Å². The van der Waals surface area contributed by atoms with Gasteiger partial charge in [0.25, 0.3) is 0 Å². The predicted octanol–water partition coefficient (Wildman–Crippen LogP) is 3.16. The molecule has 1 fully saturated rings. The molecule has 2 aromatic carbocycles. The molecule has 1 aromatic heterocycles. The molecule has 1 aliphatic heterocycles. The van der Waals surface area contributed by atoms with E-state index in [1.165, 1.54) is 6.07 Å². The average molecular weight is 375 g/mol. The van der Waals surface area contributed by atoms with Gasteiger partial charge in [0.1, 0.15) is 6.54 Å². The van der Waals surface area contributed by atoms with Crippen molar-refractivity contribution in [1.29, 1.82) is 0 Å². The molecule has 0 aliphatic carbocycles. The van der Waals surface area contributed by atoms with Crippen LogP contribution in [0.5, 0.6) is 0 Å². The van der Waals surface area contributed by atoms with Crippen molar-refractivity contribution in [3.05, 3.63) is 71.0 Å². The Kier molecular flexibility index (Phi) is 4.69. The minimum atomic E-state index is -0.202. The van der Waals surface area contributed by atoms with Gasteiger partial charge in [0.2, 0.25) is 11.8 Å². The number of hydrogen-bond acceptors (Lipinski definition) is 3. The van der Waals surface area contributed by atoms with E-state index in [1.807, 2.05) is 37.3 Å². The Labute approximate surface area is 162 Å². The molecule has 4 rings (SSSR count). The molecule has 1 aliphatic rings. The van der Waals surface area contributed by atoms with Crippen LogP contribution in [0.1, 0.15) is 19.8 Å². The lowest BCUT2D eigenvalue weighted by molar-refractivity contribution is -0.117. The molecule has 2 amide bonds. The summed E-state index contributed by atoms with van der Waals surface area (Å²) in [4.78, 5) is 38.5. The van der Waals surface area contributed by atoms with Crippen molar-refractivity contribution in [2.75, 3.05) is 10.2 Å². The smallest absolute Gasteiger partial charge is 0.244 e. The molecular formula is C22H21N3O3. The summed E-state index contributed by atoms with van der Waals surface area (Å²) in [5.74, 6) is -0.0950. The van der Waals surface area contributed by atoms with Crippen molar-refractivity contribution in [2.45, 2.75) is 32.4 Å². The lowest BCUT2D eigenvalue weighted by Gasteiger charge is -2.22. The number of nitrogens with one attached hydrogen (secondary N) is 1. The molecule has 6 nitrogen and oxygen atoms in total. The first-order valence-electron chi connectivity index (χ1n) is 9.33. The van der Waals surface area contributed by atoms with Gasteiger partial charge in [-0.05, 0) is 43.7 Å². The number of carbonyl (C=O) groups is 2. The summed E-state index contributed by atoms with van der Waals surface area (Å²) in [5, 5.41) is 3.47.